The van der Waals surface area contributed by atoms with Gasteiger partial charge in [0.2, 0.25) is 5.13 Å². The van der Waals surface area contributed by atoms with Gasteiger partial charge < -0.3 is 9.72 Å². The molecule has 118 valence electrons. The summed E-state index contributed by atoms with van der Waals surface area (Å²) in [4.78, 5) is 19.8. The lowest BCUT2D eigenvalue weighted by Crippen LogP contribution is -2.11. The number of aromatic amines is 1. The summed E-state index contributed by atoms with van der Waals surface area (Å²) in [5.41, 5.74) is 2.23. The molecule has 1 amide bonds. The number of aromatic nitrogens is 4. The molecule has 1 atom stereocenters. The zero-order valence-electron chi connectivity index (χ0n) is 12.5. The van der Waals surface area contributed by atoms with Crippen molar-refractivity contribution >= 4 is 33.4 Å². The molecule has 1 saturated heterocycles. The highest BCUT2D eigenvalue weighted by molar-refractivity contribution is 7.15. The fourth-order valence-electron chi connectivity index (χ4n) is 2.64. The molecule has 3 aromatic rings. The predicted molar refractivity (Wildman–Crippen MR) is 86.6 cm³/mol. The second-order valence-corrected chi connectivity index (χ2v) is 6.46. The Morgan fingerprint density at radius 1 is 1.43 bits per heavy atom. The molecule has 1 aromatic carbocycles. The van der Waals surface area contributed by atoms with Gasteiger partial charge in [-0.1, -0.05) is 11.3 Å². The van der Waals surface area contributed by atoms with Gasteiger partial charge in [0.1, 0.15) is 16.9 Å². The first kappa shape index (κ1) is 14.3. The van der Waals surface area contributed by atoms with Crippen LogP contribution in [0.25, 0.3) is 11.0 Å². The largest absolute Gasteiger partial charge is 0.371 e. The number of fused-ring (bicyclic) bond motifs is 1. The van der Waals surface area contributed by atoms with E-state index in [9.17, 15) is 4.79 Å². The molecule has 7 nitrogen and oxygen atoms in total. The molecule has 2 aromatic heterocycles. The number of nitrogens with zero attached hydrogens (tertiary/aromatic N) is 3. The maximum Gasteiger partial charge on any atom is 0.257 e. The Hall–Kier alpha value is -2.32. The molecule has 0 radical (unpaired) electrons. The van der Waals surface area contributed by atoms with Crippen LogP contribution in [0.2, 0.25) is 0 Å². The maximum atomic E-state index is 12.4. The van der Waals surface area contributed by atoms with E-state index in [4.69, 9.17) is 4.74 Å². The van der Waals surface area contributed by atoms with Crippen molar-refractivity contribution in [1.29, 1.82) is 0 Å². The molecule has 0 saturated carbocycles. The second kappa shape index (κ2) is 5.71. The maximum absolute atomic E-state index is 12.4. The van der Waals surface area contributed by atoms with Crippen LogP contribution >= 0.6 is 11.3 Å². The standard InChI is InChI=1S/C15H15N5O2S/c1-8-16-10-5-4-9(7-11(10)17-8)13(21)18-15-20-19-14(23-15)12-3-2-6-22-12/h4-5,7,12H,2-3,6H2,1H3,(H,16,17)(H,18,20,21)/t12-/m0/s1. The van der Waals surface area contributed by atoms with Gasteiger partial charge in [-0.15, -0.1) is 10.2 Å². The fourth-order valence-corrected chi connectivity index (χ4v) is 3.46. The van der Waals surface area contributed by atoms with E-state index in [1.54, 1.807) is 12.1 Å². The number of hydrogen-bond acceptors (Lipinski definition) is 6. The highest BCUT2D eigenvalue weighted by atomic mass is 32.1. The van der Waals surface area contributed by atoms with Gasteiger partial charge in [0.25, 0.3) is 5.91 Å². The Morgan fingerprint density at radius 3 is 3.17 bits per heavy atom. The normalized spacial score (nSPS) is 17.7. The number of nitrogens with one attached hydrogen (secondary N) is 2. The topological polar surface area (TPSA) is 92.8 Å². The molecular formula is C15H15N5O2S. The van der Waals surface area contributed by atoms with Gasteiger partial charge in [-0.2, -0.15) is 0 Å². The van der Waals surface area contributed by atoms with Crippen molar-refractivity contribution in [2.45, 2.75) is 25.9 Å². The minimum atomic E-state index is -0.214. The summed E-state index contributed by atoms with van der Waals surface area (Å²) in [5.74, 6) is 0.608. The quantitative estimate of drug-likeness (QED) is 0.771. The molecule has 3 heterocycles. The summed E-state index contributed by atoms with van der Waals surface area (Å²) in [6, 6.07) is 5.36. The average Bonchev–Trinajstić information content (AvgIpc) is 3.25. The number of amides is 1. The zero-order valence-corrected chi connectivity index (χ0v) is 13.3. The monoisotopic (exact) mass is 329 g/mol. The van der Waals surface area contributed by atoms with Crippen molar-refractivity contribution in [2.75, 3.05) is 11.9 Å². The second-order valence-electron chi connectivity index (χ2n) is 5.46. The lowest BCUT2D eigenvalue weighted by atomic mass is 10.2. The molecule has 8 heteroatoms. The summed E-state index contributed by atoms with van der Waals surface area (Å²) in [7, 11) is 0. The first-order valence-corrected chi connectivity index (χ1v) is 8.23. The molecule has 1 fully saturated rings. The van der Waals surface area contributed by atoms with Crippen LogP contribution in [0.4, 0.5) is 5.13 Å². The molecule has 23 heavy (non-hydrogen) atoms. The number of anilines is 1. The molecule has 1 aliphatic rings. The number of ether oxygens (including phenoxy) is 1. The minimum absolute atomic E-state index is 0.0162. The van der Waals surface area contributed by atoms with Gasteiger partial charge in [0, 0.05) is 12.2 Å². The molecule has 0 bridgehead atoms. The van der Waals surface area contributed by atoms with Crippen molar-refractivity contribution in [3.8, 4) is 0 Å². The van der Waals surface area contributed by atoms with Crippen molar-refractivity contribution in [3.05, 3.63) is 34.6 Å². The van der Waals surface area contributed by atoms with Crippen LogP contribution in [0.15, 0.2) is 18.2 Å². The van der Waals surface area contributed by atoms with Gasteiger partial charge in [0.05, 0.1) is 11.0 Å². The fraction of sp³-hybridized carbons (Fsp3) is 0.333. The van der Waals surface area contributed by atoms with Gasteiger partial charge in [-0.25, -0.2) is 4.98 Å². The summed E-state index contributed by atoms with van der Waals surface area (Å²) in [6.45, 7) is 2.64. The summed E-state index contributed by atoms with van der Waals surface area (Å²) in [5, 5.41) is 12.2. The van der Waals surface area contributed by atoms with Gasteiger partial charge in [0.15, 0.2) is 0 Å². The Balaban J connectivity index is 1.51. The Morgan fingerprint density at radius 2 is 2.35 bits per heavy atom. The Kier molecular flexibility index (Phi) is 3.55. The number of carbonyl (C=O) groups is 1. The summed E-state index contributed by atoms with van der Waals surface area (Å²) < 4.78 is 5.58. The number of H-pyrrole nitrogens is 1. The van der Waals surface area contributed by atoms with E-state index < -0.39 is 0 Å². The van der Waals surface area contributed by atoms with Crippen molar-refractivity contribution in [3.63, 3.8) is 0 Å². The van der Waals surface area contributed by atoms with Crippen LogP contribution in [0, 0.1) is 6.92 Å². The highest BCUT2D eigenvalue weighted by Gasteiger charge is 2.22. The van der Waals surface area contributed by atoms with E-state index in [-0.39, 0.29) is 12.0 Å². The highest BCUT2D eigenvalue weighted by Crippen LogP contribution is 2.32. The lowest BCUT2D eigenvalue weighted by molar-refractivity contribution is 0.102. The molecule has 0 aliphatic carbocycles. The predicted octanol–water partition coefficient (Wildman–Crippen LogP) is 2.83. The number of hydrogen-bond donors (Lipinski definition) is 2. The molecule has 4 rings (SSSR count). The van der Waals surface area contributed by atoms with Crippen LogP contribution in [0.3, 0.4) is 0 Å². The molecular weight excluding hydrogens is 314 g/mol. The summed E-state index contributed by atoms with van der Waals surface area (Å²) in [6.07, 6.45) is 2.01. The van der Waals surface area contributed by atoms with Crippen LogP contribution < -0.4 is 5.32 Å². The van der Waals surface area contributed by atoms with E-state index in [1.165, 1.54) is 11.3 Å². The van der Waals surface area contributed by atoms with Crippen molar-refractivity contribution in [2.24, 2.45) is 0 Å². The molecule has 2 N–H and O–H groups in total. The zero-order chi connectivity index (χ0) is 15.8. The van der Waals surface area contributed by atoms with Crippen LogP contribution in [-0.4, -0.2) is 32.7 Å². The van der Waals surface area contributed by atoms with Gasteiger partial charge >= 0.3 is 0 Å². The number of carbonyl (C=O) groups excluding carboxylic acids is 1. The van der Waals surface area contributed by atoms with E-state index >= 15 is 0 Å². The third kappa shape index (κ3) is 2.82. The van der Waals surface area contributed by atoms with Gasteiger partial charge in [-0.05, 0) is 38.0 Å². The molecule has 1 aliphatic heterocycles. The van der Waals surface area contributed by atoms with Crippen LogP contribution in [-0.2, 0) is 4.74 Å². The summed E-state index contributed by atoms with van der Waals surface area (Å²) >= 11 is 1.36. The minimum Gasteiger partial charge on any atom is -0.371 e. The number of aryl methyl sites for hydroxylation is 1. The van der Waals surface area contributed by atoms with Crippen LogP contribution in [0.1, 0.15) is 40.1 Å². The van der Waals surface area contributed by atoms with E-state index in [0.29, 0.717) is 10.7 Å². The van der Waals surface area contributed by atoms with E-state index in [0.717, 1.165) is 41.3 Å². The Labute approximate surface area is 136 Å². The van der Waals surface area contributed by atoms with Crippen molar-refractivity contribution in [1.82, 2.24) is 20.2 Å². The van der Waals surface area contributed by atoms with E-state index in [2.05, 4.69) is 25.5 Å². The molecule has 0 unspecified atom stereocenters. The first-order chi connectivity index (χ1) is 11.2. The third-order valence-electron chi connectivity index (χ3n) is 3.73. The third-order valence-corrected chi connectivity index (χ3v) is 4.66. The Bertz CT molecular complexity index is 866. The van der Waals surface area contributed by atoms with Crippen LogP contribution in [0.5, 0.6) is 0 Å². The SMILES string of the molecule is Cc1nc2ccc(C(=O)Nc3nnc([C@@H]4CCCO4)s3)cc2[nH]1. The smallest absolute Gasteiger partial charge is 0.257 e. The average molecular weight is 329 g/mol. The number of rotatable bonds is 3. The number of benzene rings is 1. The van der Waals surface area contributed by atoms with E-state index in [1.807, 2.05) is 13.0 Å². The lowest BCUT2D eigenvalue weighted by Gasteiger charge is -2.02. The van der Waals surface area contributed by atoms with Gasteiger partial charge in [-0.3, -0.25) is 10.1 Å². The number of imidazole rings is 1. The first-order valence-electron chi connectivity index (χ1n) is 7.42. The molecule has 0 spiro atoms. The van der Waals surface area contributed by atoms with Crippen molar-refractivity contribution < 1.29 is 9.53 Å².